The molecule has 0 spiro atoms. The fraction of sp³-hybridized carbons (Fsp3) is 0.400. The summed E-state index contributed by atoms with van der Waals surface area (Å²) in [5.74, 6) is -0.750. The molecule has 1 atom stereocenters. The van der Waals surface area contributed by atoms with E-state index in [1.807, 2.05) is 36.4 Å². The van der Waals surface area contributed by atoms with Crippen LogP contribution in [0.2, 0.25) is 0 Å². The van der Waals surface area contributed by atoms with E-state index in [1.54, 1.807) is 0 Å². The lowest BCUT2D eigenvalue weighted by atomic mass is 9.83. The molecule has 0 radical (unpaired) electrons. The molecule has 3 nitrogen and oxygen atoms in total. The van der Waals surface area contributed by atoms with E-state index in [0.717, 1.165) is 22.9 Å². The van der Waals surface area contributed by atoms with Crippen LogP contribution in [0, 0.1) is 34.5 Å². The van der Waals surface area contributed by atoms with E-state index in [1.165, 1.54) is 0 Å². The Balaban J connectivity index is 2.23. The summed E-state index contributed by atoms with van der Waals surface area (Å²) in [5, 5.41) is 18.2. The van der Waals surface area contributed by atoms with Gasteiger partial charge in [0.25, 0.3) is 0 Å². The van der Waals surface area contributed by atoms with Gasteiger partial charge in [-0.05, 0) is 30.5 Å². The molecule has 1 unspecified atom stereocenters. The predicted molar refractivity (Wildman–Crippen MR) is 73.9 cm³/mol. The van der Waals surface area contributed by atoms with E-state index in [0.29, 0.717) is 0 Å². The molecular formula is C15H13BrN2O. The second-order valence-electron chi connectivity index (χ2n) is 4.84. The summed E-state index contributed by atoms with van der Waals surface area (Å²) in [7, 11) is 0. The SMILES string of the molecule is N#CC(C#N)C(CC(=O)C1CC1)c1ccc(Br)cc1. The average molecular weight is 317 g/mol. The molecule has 0 saturated heterocycles. The van der Waals surface area contributed by atoms with E-state index < -0.39 is 5.92 Å². The number of benzene rings is 1. The third kappa shape index (κ3) is 3.43. The van der Waals surface area contributed by atoms with Crippen molar-refractivity contribution in [1.29, 1.82) is 10.5 Å². The van der Waals surface area contributed by atoms with Crippen LogP contribution in [0.4, 0.5) is 0 Å². The number of carbonyl (C=O) groups excluding carboxylic acids is 1. The number of hydrogen-bond donors (Lipinski definition) is 0. The minimum absolute atomic E-state index is 0.163. The number of halogens is 1. The van der Waals surface area contributed by atoms with Crippen LogP contribution in [-0.2, 0) is 4.79 Å². The van der Waals surface area contributed by atoms with Gasteiger partial charge in [-0.3, -0.25) is 4.79 Å². The molecule has 0 aromatic heterocycles. The number of hydrogen-bond acceptors (Lipinski definition) is 3. The van der Waals surface area contributed by atoms with E-state index in [9.17, 15) is 4.79 Å². The van der Waals surface area contributed by atoms with Crippen molar-refractivity contribution in [3.05, 3.63) is 34.3 Å². The molecule has 0 N–H and O–H groups in total. The molecule has 96 valence electrons. The van der Waals surface area contributed by atoms with Crippen LogP contribution in [0.3, 0.4) is 0 Å². The molecule has 1 aliphatic rings. The first-order chi connectivity index (χ1) is 9.15. The summed E-state index contributed by atoms with van der Waals surface area (Å²) in [6.07, 6.45) is 2.20. The molecular weight excluding hydrogens is 304 g/mol. The van der Waals surface area contributed by atoms with Crippen molar-refractivity contribution in [2.75, 3.05) is 0 Å². The topological polar surface area (TPSA) is 64.7 Å². The van der Waals surface area contributed by atoms with Crippen LogP contribution in [0.1, 0.15) is 30.7 Å². The fourth-order valence-electron chi connectivity index (χ4n) is 2.14. The number of Topliss-reactive ketones (excluding diaryl/α,β-unsaturated/α-hetero) is 1. The molecule has 0 aliphatic heterocycles. The Morgan fingerprint density at radius 2 is 1.84 bits per heavy atom. The summed E-state index contributed by atoms with van der Waals surface area (Å²) < 4.78 is 0.939. The maximum absolute atomic E-state index is 12.0. The summed E-state index contributed by atoms with van der Waals surface area (Å²) in [6, 6.07) is 11.5. The van der Waals surface area contributed by atoms with Crippen molar-refractivity contribution in [2.45, 2.75) is 25.2 Å². The van der Waals surface area contributed by atoms with Gasteiger partial charge in [-0.2, -0.15) is 10.5 Å². The van der Waals surface area contributed by atoms with Gasteiger partial charge in [0.05, 0.1) is 12.1 Å². The first kappa shape index (κ1) is 13.8. The molecule has 1 saturated carbocycles. The zero-order valence-corrected chi connectivity index (χ0v) is 11.9. The van der Waals surface area contributed by atoms with Crippen LogP contribution >= 0.6 is 15.9 Å². The normalized spacial score (nSPS) is 15.6. The monoisotopic (exact) mass is 316 g/mol. The first-order valence-corrected chi connectivity index (χ1v) is 7.02. The molecule has 1 aliphatic carbocycles. The molecule has 0 bridgehead atoms. The van der Waals surface area contributed by atoms with Gasteiger partial charge in [0, 0.05) is 22.7 Å². The van der Waals surface area contributed by atoms with Gasteiger partial charge in [0.15, 0.2) is 0 Å². The highest BCUT2D eigenvalue weighted by atomic mass is 79.9. The number of rotatable bonds is 5. The lowest BCUT2D eigenvalue weighted by Gasteiger charge is -2.17. The van der Waals surface area contributed by atoms with Gasteiger partial charge in [-0.15, -0.1) is 0 Å². The summed E-state index contributed by atoms with van der Waals surface area (Å²) in [5.41, 5.74) is 0.880. The van der Waals surface area contributed by atoms with E-state index in [-0.39, 0.29) is 24.0 Å². The van der Waals surface area contributed by atoms with Crippen LogP contribution < -0.4 is 0 Å². The van der Waals surface area contributed by atoms with Crippen LogP contribution in [0.5, 0.6) is 0 Å². The second kappa shape index (κ2) is 5.99. The predicted octanol–water partition coefficient (Wildman–Crippen LogP) is 3.57. The van der Waals surface area contributed by atoms with Crippen molar-refractivity contribution in [1.82, 2.24) is 0 Å². The van der Waals surface area contributed by atoms with Crippen molar-refractivity contribution in [2.24, 2.45) is 11.8 Å². The van der Waals surface area contributed by atoms with Crippen molar-refractivity contribution in [3.63, 3.8) is 0 Å². The van der Waals surface area contributed by atoms with E-state index >= 15 is 0 Å². The van der Waals surface area contributed by atoms with Gasteiger partial charge >= 0.3 is 0 Å². The number of nitrogens with zero attached hydrogens (tertiary/aromatic N) is 2. The lowest BCUT2D eigenvalue weighted by molar-refractivity contribution is -0.120. The second-order valence-corrected chi connectivity index (χ2v) is 5.75. The first-order valence-electron chi connectivity index (χ1n) is 6.23. The Kier molecular flexibility index (Phi) is 4.35. The van der Waals surface area contributed by atoms with Gasteiger partial charge in [0.2, 0.25) is 0 Å². The smallest absolute Gasteiger partial charge is 0.140 e. The van der Waals surface area contributed by atoms with Gasteiger partial charge < -0.3 is 0 Å². The largest absolute Gasteiger partial charge is 0.299 e. The molecule has 2 rings (SSSR count). The highest BCUT2D eigenvalue weighted by molar-refractivity contribution is 9.10. The number of carbonyl (C=O) groups is 1. The zero-order chi connectivity index (χ0) is 13.8. The fourth-order valence-corrected chi connectivity index (χ4v) is 2.40. The quantitative estimate of drug-likeness (QED) is 0.834. The van der Waals surface area contributed by atoms with E-state index in [4.69, 9.17) is 10.5 Å². The Morgan fingerprint density at radius 1 is 1.26 bits per heavy atom. The van der Waals surface area contributed by atoms with Crippen LogP contribution in [-0.4, -0.2) is 5.78 Å². The van der Waals surface area contributed by atoms with E-state index in [2.05, 4.69) is 15.9 Å². The van der Waals surface area contributed by atoms with Crippen molar-refractivity contribution >= 4 is 21.7 Å². The molecule has 1 aromatic rings. The number of nitriles is 2. The minimum Gasteiger partial charge on any atom is -0.299 e. The Hall–Kier alpha value is -1.65. The Morgan fingerprint density at radius 3 is 2.32 bits per heavy atom. The van der Waals surface area contributed by atoms with Crippen LogP contribution in [0.25, 0.3) is 0 Å². The third-order valence-corrected chi connectivity index (χ3v) is 3.96. The summed E-state index contributed by atoms with van der Waals surface area (Å²) >= 11 is 3.35. The molecule has 0 heterocycles. The molecule has 4 heteroatoms. The van der Waals surface area contributed by atoms with Crippen molar-refractivity contribution in [3.8, 4) is 12.1 Å². The Labute approximate surface area is 121 Å². The summed E-state index contributed by atoms with van der Waals surface area (Å²) in [6.45, 7) is 0. The van der Waals surface area contributed by atoms with Crippen LogP contribution in [0.15, 0.2) is 28.7 Å². The Bertz CT molecular complexity index is 535. The van der Waals surface area contributed by atoms with Gasteiger partial charge in [0.1, 0.15) is 11.7 Å². The van der Waals surface area contributed by atoms with Gasteiger partial charge in [-0.1, -0.05) is 28.1 Å². The molecule has 1 fully saturated rings. The number of ketones is 1. The highest BCUT2D eigenvalue weighted by Crippen LogP contribution is 2.36. The standard InChI is InChI=1S/C15H13BrN2O/c16-13-5-3-10(4-6-13)14(12(8-17)9-18)7-15(19)11-1-2-11/h3-6,11-12,14H,1-2,7H2. The molecule has 19 heavy (non-hydrogen) atoms. The lowest BCUT2D eigenvalue weighted by Crippen LogP contribution is -2.15. The van der Waals surface area contributed by atoms with Crippen molar-refractivity contribution < 1.29 is 4.79 Å². The van der Waals surface area contributed by atoms with Gasteiger partial charge in [-0.25, -0.2) is 0 Å². The highest BCUT2D eigenvalue weighted by Gasteiger charge is 2.34. The third-order valence-electron chi connectivity index (χ3n) is 3.43. The molecule has 1 aromatic carbocycles. The maximum atomic E-state index is 12.0. The molecule has 0 amide bonds. The minimum atomic E-state index is -0.774. The summed E-state index contributed by atoms with van der Waals surface area (Å²) in [4.78, 5) is 12.0. The maximum Gasteiger partial charge on any atom is 0.140 e. The zero-order valence-electron chi connectivity index (χ0n) is 10.3. The average Bonchev–Trinajstić information content (AvgIpc) is 3.24.